The first-order chi connectivity index (χ1) is 8.58. The largest absolute Gasteiger partial charge is 0.398 e. The van der Waals surface area contributed by atoms with Crippen molar-refractivity contribution < 1.29 is 9.90 Å². The summed E-state index contributed by atoms with van der Waals surface area (Å²) in [4.78, 5) is 12.0. The first-order valence-corrected chi connectivity index (χ1v) is 6.91. The molecule has 0 saturated heterocycles. The molecule has 1 saturated carbocycles. The minimum atomic E-state index is -0.431. The number of halogens is 1. The molecule has 0 radical (unpaired) electrons. The smallest absolute Gasteiger partial charge is 0.251 e. The van der Waals surface area contributed by atoms with Crippen LogP contribution in [-0.4, -0.2) is 23.2 Å². The van der Waals surface area contributed by atoms with Gasteiger partial charge in [-0.05, 0) is 47.0 Å². The first-order valence-electron chi connectivity index (χ1n) is 6.12. The Labute approximate surface area is 115 Å². The molecule has 1 aromatic rings. The number of amides is 1. The van der Waals surface area contributed by atoms with E-state index in [1.807, 2.05) is 0 Å². The van der Waals surface area contributed by atoms with Crippen LogP contribution in [0.1, 0.15) is 36.0 Å². The Balaban J connectivity index is 2.04. The molecule has 0 unspecified atom stereocenters. The van der Waals surface area contributed by atoms with E-state index in [1.165, 1.54) is 0 Å². The van der Waals surface area contributed by atoms with Gasteiger partial charge in [0.25, 0.3) is 5.91 Å². The van der Waals surface area contributed by atoms with Crippen LogP contribution in [0.25, 0.3) is 0 Å². The zero-order valence-electron chi connectivity index (χ0n) is 10.0. The zero-order chi connectivity index (χ0) is 13.1. The fourth-order valence-corrected chi connectivity index (χ4v) is 2.58. The van der Waals surface area contributed by atoms with Crippen LogP contribution in [0, 0.1) is 0 Å². The topological polar surface area (TPSA) is 75.4 Å². The third kappa shape index (κ3) is 3.03. The highest BCUT2D eigenvalue weighted by Crippen LogP contribution is 2.22. The molecule has 4 nitrogen and oxygen atoms in total. The van der Waals surface area contributed by atoms with Gasteiger partial charge in [-0.2, -0.15) is 0 Å². The van der Waals surface area contributed by atoms with Crippen molar-refractivity contribution in [2.45, 2.75) is 37.8 Å². The molecular formula is C13H17BrN2O2. The number of hydrogen-bond acceptors (Lipinski definition) is 3. The fourth-order valence-electron chi connectivity index (χ4n) is 2.20. The second-order valence-corrected chi connectivity index (χ2v) is 5.52. The molecule has 2 rings (SSSR count). The highest BCUT2D eigenvalue weighted by Gasteiger charge is 2.24. The second kappa shape index (κ2) is 5.71. The lowest BCUT2D eigenvalue weighted by atomic mass is 9.92. The maximum atomic E-state index is 12.0. The van der Waals surface area contributed by atoms with Crippen LogP contribution in [0.5, 0.6) is 0 Å². The van der Waals surface area contributed by atoms with Crippen molar-refractivity contribution in [3.8, 4) is 0 Å². The van der Waals surface area contributed by atoms with Gasteiger partial charge in [-0.25, -0.2) is 0 Å². The SMILES string of the molecule is Nc1ccc(C(=O)N[C@@H]2CCCC[C@H]2O)cc1Br. The van der Waals surface area contributed by atoms with Crippen LogP contribution < -0.4 is 11.1 Å². The summed E-state index contributed by atoms with van der Waals surface area (Å²) in [5, 5.41) is 12.7. The normalized spacial score (nSPS) is 23.7. The Morgan fingerprint density at radius 3 is 2.78 bits per heavy atom. The van der Waals surface area contributed by atoms with E-state index in [0.29, 0.717) is 15.7 Å². The number of benzene rings is 1. The van der Waals surface area contributed by atoms with Crippen LogP contribution in [0.3, 0.4) is 0 Å². The summed E-state index contributed by atoms with van der Waals surface area (Å²) in [5.41, 5.74) is 6.83. The third-order valence-corrected chi connectivity index (χ3v) is 4.00. The van der Waals surface area contributed by atoms with Gasteiger partial charge in [0.2, 0.25) is 0 Å². The molecule has 5 heteroatoms. The van der Waals surface area contributed by atoms with Gasteiger partial charge >= 0.3 is 0 Å². The van der Waals surface area contributed by atoms with Gasteiger partial charge < -0.3 is 16.2 Å². The highest BCUT2D eigenvalue weighted by molar-refractivity contribution is 9.10. The van der Waals surface area contributed by atoms with Gasteiger partial charge in [0.15, 0.2) is 0 Å². The van der Waals surface area contributed by atoms with Crippen LogP contribution in [0.2, 0.25) is 0 Å². The summed E-state index contributed by atoms with van der Waals surface area (Å²) >= 11 is 3.30. The lowest BCUT2D eigenvalue weighted by Crippen LogP contribution is -2.45. The van der Waals surface area contributed by atoms with E-state index in [1.54, 1.807) is 18.2 Å². The Morgan fingerprint density at radius 1 is 1.39 bits per heavy atom. The van der Waals surface area contributed by atoms with Gasteiger partial charge in [0.1, 0.15) is 0 Å². The summed E-state index contributed by atoms with van der Waals surface area (Å²) in [6.07, 6.45) is 3.24. The molecule has 0 heterocycles. The molecule has 1 aliphatic carbocycles. The third-order valence-electron chi connectivity index (χ3n) is 3.31. The van der Waals surface area contributed by atoms with Gasteiger partial charge in [-0.15, -0.1) is 0 Å². The Kier molecular flexibility index (Phi) is 4.24. The number of rotatable bonds is 2. The molecular weight excluding hydrogens is 296 g/mol. The number of aliphatic hydroxyl groups excluding tert-OH is 1. The molecule has 0 aliphatic heterocycles. The minimum Gasteiger partial charge on any atom is -0.398 e. The van der Waals surface area contributed by atoms with Gasteiger partial charge in [0, 0.05) is 15.7 Å². The van der Waals surface area contributed by atoms with Gasteiger partial charge in [0.05, 0.1) is 12.1 Å². The number of anilines is 1. The van der Waals surface area contributed by atoms with Gasteiger partial charge in [-0.1, -0.05) is 12.8 Å². The van der Waals surface area contributed by atoms with Crippen LogP contribution in [0.4, 0.5) is 5.69 Å². The first kappa shape index (κ1) is 13.4. The predicted molar refractivity (Wildman–Crippen MR) is 74.3 cm³/mol. The number of hydrogen-bond donors (Lipinski definition) is 3. The Hall–Kier alpha value is -1.07. The lowest BCUT2D eigenvalue weighted by Gasteiger charge is -2.28. The van der Waals surface area contributed by atoms with Crippen molar-refractivity contribution in [3.05, 3.63) is 28.2 Å². The maximum Gasteiger partial charge on any atom is 0.251 e. The monoisotopic (exact) mass is 312 g/mol. The van der Waals surface area contributed by atoms with E-state index in [2.05, 4.69) is 21.2 Å². The van der Waals surface area contributed by atoms with E-state index < -0.39 is 6.10 Å². The molecule has 18 heavy (non-hydrogen) atoms. The zero-order valence-corrected chi connectivity index (χ0v) is 11.6. The van der Waals surface area contributed by atoms with E-state index >= 15 is 0 Å². The highest BCUT2D eigenvalue weighted by atomic mass is 79.9. The van der Waals surface area contributed by atoms with Crippen molar-refractivity contribution >= 4 is 27.5 Å². The predicted octanol–water partition coefficient (Wildman–Crippen LogP) is 2.06. The molecule has 1 amide bonds. The standard InChI is InChI=1S/C13H17BrN2O2/c14-9-7-8(5-6-10(9)15)13(18)16-11-3-1-2-4-12(11)17/h5-7,11-12,17H,1-4,15H2,(H,16,18)/t11-,12-/m1/s1. The Morgan fingerprint density at radius 2 is 2.11 bits per heavy atom. The number of nitrogens with one attached hydrogen (secondary N) is 1. The molecule has 0 spiro atoms. The number of nitrogens with two attached hydrogens (primary N) is 1. The van der Waals surface area contributed by atoms with E-state index in [9.17, 15) is 9.90 Å². The van der Waals surface area contributed by atoms with Crippen LogP contribution in [0.15, 0.2) is 22.7 Å². The van der Waals surface area contributed by atoms with Crippen molar-refractivity contribution in [1.29, 1.82) is 0 Å². The number of carbonyl (C=O) groups excluding carboxylic acids is 1. The molecule has 98 valence electrons. The fraction of sp³-hybridized carbons (Fsp3) is 0.462. The molecule has 1 fully saturated rings. The van der Waals surface area contributed by atoms with Crippen molar-refractivity contribution in [2.75, 3.05) is 5.73 Å². The van der Waals surface area contributed by atoms with Crippen LogP contribution in [-0.2, 0) is 0 Å². The van der Waals surface area contributed by atoms with Crippen molar-refractivity contribution in [1.82, 2.24) is 5.32 Å². The Bertz CT molecular complexity index is 451. The summed E-state index contributed by atoms with van der Waals surface area (Å²) in [5.74, 6) is -0.165. The molecule has 1 aromatic carbocycles. The van der Waals surface area contributed by atoms with Crippen LogP contribution >= 0.6 is 15.9 Å². The maximum absolute atomic E-state index is 12.0. The number of nitrogen functional groups attached to an aromatic ring is 1. The number of carbonyl (C=O) groups is 1. The van der Waals surface area contributed by atoms with Crippen molar-refractivity contribution in [2.24, 2.45) is 0 Å². The van der Waals surface area contributed by atoms with Gasteiger partial charge in [-0.3, -0.25) is 4.79 Å². The molecule has 0 bridgehead atoms. The molecule has 1 aliphatic rings. The minimum absolute atomic E-state index is 0.137. The van der Waals surface area contributed by atoms with E-state index in [0.717, 1.165) is 25.7 Å². The summed E-state index contributed by atoms with van der Waals surface area (Å²) in [7, 11) is 0. The quantitative estimate of drug-likeness (QED) is 0.732. The van der Waals surface area contributed by atoms with E-state index in [-0.39, 0.29) is 11.9 Å². The van der Waals surface area contributed by atoms with E-state index in [4.69, 9.17) is 5.73 Å². The average Bonchev–Trinajstić information content (AvgIpc) is 2.35. The molecule has 4 N–H and O–H groups in total. The number of aliphatic hydroxyl groups is 1. The lowest BCUT2D eigenvalue weighted by molar-refractivity contribution is 0.0717. The average molecular weight is 313 g/mol. The summed E-state index contributed by atoms with van der Waals surface area (Å²) in [6, 6.07) is 4.93. The second-order valence-electron chi connectivity index (χ2n) is 4.67. The van der Waals surface area contributed by atoms with Crippen molar-refractivity contribution in [3.63, 3.8) is 0 Å². The summed E-state index contributed by atoms with van der Waals surface area (Å²) in [6.45, 7) is 0. The molecule has 0 aromatic heterocycles. The summed E-state index contributed by atoms with van der Waals surface area (Å²) < 4.78 is 0.708. The molecule has 2 atom stereocenters.